The zero-order valence-corrected chi connectivity index (χ0v) is 14.4. The molecule has 4 heterocycles. The van der Waals surface area contributed by atoms with Crippen LogP contribution in [0.4, 0.5) is 13.2 Å². The van der Waals surface area contributed by atoms with Gasteiger partial charge >= 0.3 is 6.18 Å². The molecule has 0 radical (unpaired) electrons. The summed E-state index contributed by atoms with van der Waals surface area (Å²) < 4.78 is 60.9. The number of hydrogen-bond acceptors (Lipinski definition) is 7. The summed E-state index contributed by atoms with van der Waals surface area (Å²) in [6, 6.07) is 0. The lowest BCUT2D eigenvalue weighted by atomic mass is 10.1. The van der Waals surface area contributed by atoms with E-state index in [0.29, 0.717) is 0 Å². The molecule has 2 aliphatic rings. The van der Waals surface area contributed by atoms with E-state index in [-0.39, 0.29) is 17.8 Å². The maximum atomic E-state index is 12.4. The summed E-state index contributed by atoms with van der Waals surface area (Å²) in [5.74, 6) is -0.944. The Hall–Kier alpha value is -2.02. The first kappa shape index (κ1) is 18.3. The molecule has 9 nitrogen and oxygen atoms in total. The summed E-state index contributed by atoms with van der Waals surface area (Å²) >= 11 is 0. The van der Waals surface area contributed by atoms with Crippen molar-refractivity contribution >= 4 is 11.2 Å². The Bertz CT molecular complexity index is 895. The van der Waals surface area contributed by atoms with E-state index in [1.165, 1.54) is 17.2 Å². The number of nitrogens with one attached hydrogen (secondary N) is 1. The van der Waals surface area contributed by atoms with Crippen LogP contribution in [0.3, 0.4) is 0 Å². The number of rotatable bonds is 4. The molecule has 1 N–H and O–H groups in total. The van der Waals surface area contributed by atoms with Gasteiger partial charge in [-0.15, -0.1) is 0 Å². The minimum absolute atomic E-state index is 0.118. The molecular weight excluding hydrogens is 373 g/mol. The average molecular weight is 390 g/mol. The first-order valence-corrected chi connectivity index (χ1v) is 8.20. The van der Waals surface area contributed by atoms with Crippen LogP contribution in [0.15, 0.2) is 17.4 Å². The molecule has 2 aliphatic heterocycles. The second-order valence-corrected chi connectivity index (χ2v) is 6.82. The highest BCUT2D eigenvalue weighted by Crippen LogP contribution is 2.43. The lowest BCUT2D eigenvalue weighted by Crippen LogP contribution is -2.34. The Kier molecular flexibility index (Phi) is 4.25. The number of fused-ring (bicyclic) bond motifs is 2. The van der Waals surface area contributed by atoms with Crippen molar-refractivity contribution in [3.63, 3.8) is 0 Å². The standard InChI is InChI=1S/C15H17F3N4O5/c1-14(2)26-9-7(3-24-4-15(16,17)18)25-13(10(9)27-14)22-6-21-8-11(22)19-5-20-12(8)23/h5-7,9-10,13H,3-4H2,1-2H3,(H,19,20,23)/t7-,9-,10-,13-/m1/s1. The molecule has 0 saturated carbocycles. The number of nitrogens with zero attached hydrogens (tertiary/aromatic N) is 3. The van der Waals surface area contributed by atoms with Gasteiger partial charge in [0.15, 0.2) is 23.2 Å². The molecule has 0 amide bonds. The zero-order valence-electron chi connectivity index (χ0n) is 14.4. The van der Waals surface area contributed by atoms with E-state index >= 15 is 0 Å². The van der Waals surface area contributed by atoms with E-state index in [4.69, 9.17) is 18.9 Å². The van der Waals surface area contributed by atoms with Gasteiger partial charge in [-0.2, -0.15) is 13.2 Å². The highest BCUT2D eigenvalue weighted by atomic mass is 19.4. The van der Waals surface area contributed by atoms with Gasteiger partial charge in [-0.05, 0) is 13.8 Å². The quantitative estimate of drug-likeness (QED) is 0.835. The molecule has 2 fully saturated rings. The summed E-state index contributed by atoms with van der Waals surface area (Å²) in [5, 5.41) is 0. The van der Waals surface area contributed by atoms with E-state index in [1.807, 2.05) is 0 Å². The fraction of sp³-hybridized carbons (Fsp3) is 0.667. The predicted octanol–water partition coefficient (Wildman–Crippen LogP) is 1.12. The van der Waals surface area contributed by atoms with Crippen molar-refractivity contribution in [2.45, 2.75) is 50.4 Å². The third-order valence-electron chi connectivity index (χ3n) is 4.31. The lowest BCUT2D eigenvalue weighted by molar-refractivity contribution is -0.212. The molecule has 0 spiro atoms. The number of ether oxygens (including phenoxy) is 4. The molecule has 2 aromatic rings. The highest BCUT2D eigenvalue weighted by molar-refractivity contribution is 5.68. The normalized spacial score (nSPS) is 30.1. The SMILES string of the molecule is CC1(C)O[C@@H]2[C@H](O1)[C@@H](COCC(F)(F)F)O[C@H]2n1cnc2c(=O)[nH]cnc21. The summed E-state index contributed by atoms with van der Waals surface area (Å²) in [5.41, 5.74) is -0.0254. The van der Waals surface area contributed by atoms with Gasteiger partial charge in [0.25, 0.3) is 5.56 Å². The van der Waals surface area contributed by atoms with E-state index in [0.717, 1.165) is 0 Å². The van der Waals surface area contributed by atoms with Crippen molar-refractivity contribution < 1.29 is 32.1 Å². The van der Waals surface area contributed by atoms with Gasteiger partial charge in [0.1, 0.15) is 24.9 Å². The van der Waals surface area contributed by atoms with Crippen molar-refractivity contribution in [1.82, 2.24) is 19.5 Å². The number of hydrogen-bond donors (Lipinski definition) is 1. The van der Waals surface area contributed by atoms with Crippen LogP contribution in [0, 0.1) is 0 Å². The molecule has 0 unspecified atom stereocenters. The summed E-state index contributed by atoms with van der Waals surface area (Å²) in [6.07, 6.45) is -4.66. The number of aromatic nitrogens is 4. The van der Waals surface area contributed by atoms with Gasteiger partial charge in [0, 0.05) is 0 Å². The van der Waals surface area contributed by atoms with Crippen LogP contribution in [0.2, 0.25) is 0 Å². The Morgan fingerprint density at radius 2 is 2.04 bits per heavy atom. The van der Waals surface area contributed by atoms with E-state index < -0.39 is 48.7 Å². The van der Waals surface area contributed by atoms with Crippen LogP contribution in [0.25, 0.3) is 11.2 Å². The Balaban J connectivity index is 1.61. The topological polar surface area (TPSA) is 100 Å². The van der Waals surface area contributed by atoms with Crippen molar-refractivity contribution in [3.8, 4) is 0 Å². The van der Waals surface area contributed by atoms with Gasteiger partial charge in [0.05, 0.1) is 19.3 Å². The minimum atomic E-state index is -4.44. The third kappa shape index (κ3) is 3.45. The maximum absolute atomic E-state index is 12.4. The molecule has 27 heavy (non-hydrogen) atoms. The highest BCUT2D eigenvalue weighted by Gasteiger charge is 2.56. The predicted molar refractivity (Wildman–Crippen MR) is 82.8 cm³/mol. The van der Waals surface area contributed by atoms with Crippen LogP contribution in [-0.2, 0) is 18.9 Å². The van der Waals surface area contributed by atoms with E-state index in [1.54, 1.807) is 13.8 Å². The van der Waals surface area contributed by atoms with Crippen LogP contribution in [0.1, 0.15) is 20.1 Å². The fourth-order valence-electron chi connectivity index (χ4n) is 3.36. The van der Waals surface area contributed by atoms with Crippen LogP contribution < -0.4 is 5.56 Å². The third-order valence-corrected chi connectivity index (χ3v) is 4.31. The van der Waals surface area contributed by atoms with E-state index in [9.17, 15) is 18.0 Å². The fourth-order valence-corrected chi connectivity index (χ4v) is 3.36. The summed E-state index contributed by atoms with van der Waals surface area (Å²) in [4.78, 5) is 22.4. The van der Waals surface area contributed by atoms with Gasteiger partial charge in [-0.3, -0.25) is 9.36 Å². The molecule has 2 saturated heterocycles. The molecule has 2 aromatic heterocycles. The average Bonchev–Trinajstić information content (AvgIpc) is 3.19. The summed E-state index contributed by atoms with van der Waals surface area (Å²) in [7, 11) is 0. The molecule has 148 valence electrons. The zero-order chi connectivity index (χ0) is 19.4. The van der Waals surface area contributed by atoms with Gasteiger partial charge in [-0.25, -0.2) is 9.97 Å². The number of aromatic amines is 1. The lowest BCUT2D eigenvalue weighted by Gasteiger charge is -2.24. The molecule has 12 heteroatoms. The molecule has 0 bridgehead atoms. The molecule has 0 aliphatic carbocycles. The number of alkyl halides is 3. The van der Waals surface area contributed by atoms with Crippen LogP contribution in [0.5, 0.6) is 0 Å². The van der Waals surface area contributed by atoms with Gasteiger partial charge < -0.3 is 23.9 Å². The van der Waals surface area contributed by atoms with Gasteiger partial charge in [-0.1, -0.05) is 0 Å². The largest absolute Gasteiger partial charge is 0.411 e. The van der Waals surface area contributed by atoms with Crippen LogP contribution in [-0.4, -0.2) is 63.0 Å². The van der Waals surface area contributed by atoms with Gasteiger partial charge in [0.2, 0.25) is 0 Å². The first-order chi connectivity index (χ1) is 12.6. The number of halogens is 3. The smallest absolute Gasteiger partial charge is 0.369 e. The maximum Gasteiger partial charge on any atom is 0.411 e. The van der Waals surface area contributed by atoms with Crippen LogP contribution >= 0.6 is 0 Å². The second-order valence-electron chi connectivity index (χ2n) is 6.82. The van der Waals surface area contributed by atoms with Crippen molar-refractivity contribution in [1.29, 1.82) is 0 Å². The van der Waals surface area contributed by atoms with Crippen molar-refractivity contribution in [3.05, 3.63) is 23.0 Å². The monoisotopic (exact) mass is 390 g/mol. The molecule has 0 aromatic carbocycles. The molecule has 4 rings (SSSR count). The Morgan fingerprint density at radius 1 is 1.30 bits per heavy atom. The molecule has 4 atom stereocenters. The van der Waals surface area contributed by atoms with Crippen molar-refractivity contribution in [2.24, 2.45) is 0 Å². The number of H-pyrrole nitrogens is 1. The summed E-state index contributed by atoms with van der Waals surface area (Å²) in [6.45, 7) is 1.69. The second kappa shape index (κ2) is 6.26. The Morgan fingerprint density at radius 3 is 2.78 bits per heavy atom. The molecular formula is C15H17F3N4O5. The number of imidazole rings is 1. The van der Waals surface area contributed by atoms with E-state index in [2.05, 4.69) is 15.0 Å². The minimum Gasteiger partial charge on any atom is -0.369 e. The Labute approximate surface area is 150 Å². The first-order valence-electron chi connectivity index (χ1n) is 8.20. The van der Waals surface area contributed by atoms with Crippen molar-refractivity contribution in [2.75, 3.05) is 13.2 Å².